The number of amides is 2. The number of hydrogen-bond acceptors (Lipinski definition) is 4. The topological polar surface area (TPSA) is 61.9 Å². The fraction of sp³-hybridized carbons (Fsp3) is 0.500. The van der Waals surface area contributed by atoms with Gasteiger partial charge in [-0.3, -0.25) is 9.59 Å². The molecule has 2 atom stereocenters. The van der Waals surface area contributed by atoms with E-state index in [4.69, 9.17) is 4.74 Å². The third-order valence-electron chi connectivity index (χ3n) is 6.67. The second-order valence-corrected chi connectivity index (χ2v) is 9.03. The van der Waals surface area contributed by atoms with Crippen LogP contribution in [0.4, 0.5) is 5.69 Å². The molecule has 1 saturated heterocycles. The van der Waals surface area contributed by atoms with Crippen molar-refractivity contribution in [1.82, 2.24) is 10.2 Å². The van der Waals surface area contributed by atoms with Gasteiger partial charge in [-0.1, -0.05) is 49.7 Å². The summed E-state index contributed by atoms with van der Waals surface area (Å²) in [6.45, 7) is 4.35. The van der Waals surface area contributed by atoms with Gasteiger partial charge in [0.2, 0.25) is 11.8 Å². The molecule has 6 nitrogen and oxygen atoms in total. The van der Waals surface area contributed by atoms with Crippen LogP contribution in [-0.2, 0) is 9.59 Å². The summed E-state index contributed by atoms with van der Waals surface area (Å²) in [5.41, 5.74) is 2.11. The van der Waals surface area contributed by atoms with Crippen LogP contribution < -0.4 is 15.0 Å². The van der Waals surface area contributed by atoms with Gasteiger partial charge in [0, 0.05) is 44.4 Å². The van der Waals surface area contributed by atoms with Gasteiger partial charge >= 0.3 is 0 Å². The van der Waals surface area contributed by atoms with E-state index < -0.39 is 0 Å². The SMILES string of the molecule is CCCCN1C(=O)CCC(C(=O)NCCCCN(C)c2ccccc2)C1c1ccccc1OC. The van der Waals surface area contributed by atoms with Crippen LogP contribution in [0, 0.1) is 5.92 Å². The van der Waals surface area contributed by atoms with E-state index in [0.717, 1.165) is 43.5 Å². The maximum atomic E-state index is 13.3. The van der Waals surface area contributed by atoms with Gasteiger partial charge in [-0.05, 0) is 43.9 Å². The van der Waals surface area contributed by atoms with Crippen molar-refractivity contribution >= 4 is 17.5 Å². The predicted octanol–water partition coefficient (Wildman–Crippen LogP) is 4.81. The van der Waals surface area contributed by atoms with Crippen molar-refractivity contribution in [2.24, 2.45) is 5.92 Å². The van der Waals surface area contributed by atoms with E-state index >= 15 is 0 Å². The number of benzene rings is 2. The average Bonchev–Trinajstić information content (AvgIpc) is 2.87. The predicted molar refractivity (Wildman–Crippen MR) is 137 cm³/mol. The summed E-state index contributed by atoms with van der Waals surface area (Å²) in [6, 6.07) is 17.8. The Bertz CT molecular complexity index is 918. The van der Waals surface area contributed by atoms with Gasteiger partial charge in [-0.25, -0.2) is 0 Å². The summed E-state index contributed by atoms with van der Waals surface area (Å²) in [6.07, 6.45) is 4.79. The van der Waals surface area contributed by atoms with Crippen molar-refractivity contribution in [2.45, 2.75) is 51.5 Å². The number of piperidine rings is 1. The van der Waals surface area contributed by atoms with E-state index in [1.165, 1.54) is 5.69 Å². The van der Waals surface area contributed by atoms with E-state index in [-0.39, 0.29) is 23.8 Å². The highest BCUT2D eigenvalue weighted by molar-refractivity contribution is 5.85. The molecule has 1 heterocycles. The maximum absolute atomic E-state index is 13.3. The number of methoxy groups -OCH3 is 1. The van der Waals surface area contributed by atoms with E-state index in [9.17, 15) is 9.59 Å². The number of hydrogen-bond donors (Lipinski definition) is 1. The largest absolute Gasteiger partial charge is 0.496 e. The van der Waals surface area contributed by atoms with Gasteiger partial charge in [-0.15, -0.1) is 0 Å². The molecule has 0 bridgehead atoms. The van der Waals surface area contributed by atoms with Gasteiger partial charge < -0.3 is 19.9 Å². The summed E-state index contributed by atoms with van der Waals surface area (Å²) >= 11 is 0. The van der Waals surface area contributed by atoms with Gasteiger partial charge in [0.05, 0.1) is 19.1 Å². The monoisotopic (exact) mass is 465 g/mol. The van der Waals surface area contributed by atoms with Crippen molar-refractivity contribution in [3.8, 4) is 5.75 Å². The number of rotatable bonds is 12. The first kappa shape index (κ1) is 25.6. The van der Waals surface area contributed by atoms with E-state index in [0.29, 0.717) is 25.9 Å². The molecule has 184 valence electrons. The molecule has 1 aliphatic heterocycles. The molecule has 0 spiro atoms. The second-order valence-electron chi connectivity index (χ2n) is 9.03. The Labute approximate surface area is 204 Å². The Hall–Kier alpha value is -3.02. The minimum atomic E-state index is -0.298. The number of carbonyl (C=O) groups is 2. The van der Waals surface area contributed by atoms with E-state index in [2.05, 4.69) is 36.3 Å². The van der Waals surface area contributed by atoms with Gasteiger partial charge in [0.15, 0.2) is 0 Å². The maximum Gasteiger partial charge on any atom is 0.225 e. The molecule has 0 saturated carbocycles. The third-order valence-corrected chi connectivity index (χ3v) is 6.67. The molecule has 0 radical (unpaired) electrons. The number of carbonyl (C=O) groups excluding carboxylic acids is 2. The standard InChI is InChI=1S/C28H39N3O3/c1-4-5-21-31-26(32)18-17-24(27(31)23-15-9-10-16-25(23)34-3)28(33)29-19-11-12-20-30(2)22-13-7-6-8-14-22/h6-10,13-16,24,27H,4-5,11-12,17-21H2,1-3H3,(H,29,33). The molecule has 1 N–H and O–H groups in total. The molecule has 2 unspecified atom stereocenters. The molecule has 2 aromatic rings. The Balaban J connectivity index is 1.63. The Morgan fingerprint density at radius 1 is 1.09 bits per heavy atom. The fourth-order valence-corrected chi connectivity index (χ4v) is 4.74. The van der Waals surface area contributed by atoms with Crippen molar-refractivity contribution < 1.29 is 14.3 Å². The van der Waals surface area contributed by atoms with Crippen LogP contribution in [0.1, 0.15) is 57.1 Å². The highest BCUT2D eigenvalue weighted by atomic mass is 16.5. The lowest BCUT2D eigenvalue weighted by molar-refractivity contribution is -0.143. The average molecular weight is 466 g/mol. The Kier molecular flexibility index (Phi) is 9.80. The van der Waals surface area contributed by atoms with Crippen LogP contribution in [0.5, 0.6) is 5.75 Å². The zero-order chi connectivity index (χ0) is 24.3. The zero-order valence-corrected chi connectivity index (χ0v) is 20.8. The number of likely N-dealkylation sites (tertiary alicyclic amines) is 1. The lowest BCUT2D eigenvalue weighted by Crippen LogP contribution is -2.48. The van der Waals surface area contributed by atoms with E-state index in [1.54, 1.807) is 7.11 Å². The number of nitrogens with zero attached hydrogens (tertiary/aromatic N) is 2. The van der Waals surface area contributed by atoms with Crippen molar-refractivity contribution in [2.75, 3.05) is 38.7 Å². The molecule has 1 fully saturated rings. The zero-order valence-electron chi connectivity index (χ0n) is 20.8. The van der Waals surface area contributed by atoms with Crippen LogP contribution in [0.3, 0.4) is 0 Å². The van der Waals surface area contributed by atoms with Gasteiger partial charge in [-0.2, -0.15) is 0 Å². The quantitative estimate of drug-likeness (QED) is 0.457. The van der Waals surface area contributed by atoms with Crippen LogP contribution in [0.2, 0.25) is 0 Å². The summed E-state index contributed by atoms with van der Waals surface area (Å²) in [5, 5.41) is 3.16. The molecule has 6 heteroatoms. The molecular weight excluding hydrogens is 426 g/mol. The minimum absolute atomic E-state index is 0.0290. The van der Waals surface area contributed by atoms with Crippen molar-refractivity contribution in [1.29, 1.82) is 0 Å². The lowest BCUT2D eigenvalue weighted by atomic mass is 9.83. The number of anilines is 1. The summed E-state index contributed by atoms with van der Waals surface area (Å²) < 4.78 is 5.61. The highest BCUT2D eigenvalue weighted by Crippen LogP contribution is 2.40. The van der Waals surface area contributed by atoms with Crippen LogP contribution in [-0.4, -0.2) is 50.5 Å². The number of unbranched alkanes of at least 4 members (excludes halogenated alkanes) is 2. The summed E-state index contributed by atoms with van der Waals surface area (Å²) in [5.74, 6) is 0.599. The Morgan fingerprint density at radius 2 is 1.82 bits per heavy atom. The molecule has 0 aliphatic carbocycles. The molecule has 2 amide bonds. The summed E-state index contributed by atoms with van der Waals surface area (Å²) in [7, 11) is 3.73. The molecule has 34 heavy (non-hydrogen) atoms. The minimum Gasteiger partial charge on any atom is -0.496 e. The normalized spacial score (nSPS) is 18.0. The summed E-state index contributed by atoms with van der Waals surface area (Å²) in [4.78, 5) is 30.3. The number of nitrogens with one attached hydrogen (secondary N) is 1. The van der Waals surface area contributed by atoms with Crippen LogP contribution in [0.15, 0.2) is 54.6 Å². The van der Waals surface area contributed by atoms with E-state index in [1.807, 2.05) is 47.4 Å². The molecule has 2 aromatic carbocycles. The van der Waals surface area contributed by atoms with Crippen molar-refractivity contribution in [3.63, 3.8) is 0 Å². The number of para-hydroxylation sites is 2. The first-order valence-corrected chi connectivity index (χ1v) is 12.5. The number of ether oxygens (including phenoxy) is 1. The molecule has 1 aliphatic rings. The van der Waals surface area contributed by atoms with Crippen molar-refractivity contribution in [3.05, 3.63) is 60.2 Å². The smallest absolute Gasteiger partial charge is 0.225 e. The lowest BCUT2D eigenvalue weighted by Gasteiger charge is -2.41. The van der Waals surface area contributed by atoms with Crippen LogP contribution in [0.25, 0.3) is 0 Å². The Morgan fingerprint density at radius 3 is 2.56 bits per heavy atom. The molecule has 0 aromatic heterocycles. The first-order valence-electron chi connectivity index (χ1n) is 12.5. The third kappa shape index (κ3) is 6.52. The second kappa shape index (κ2) is 13.0. The van der Waals surface area contributed by atoms with Gasteiger partial charge in [0.25, 0.3) is 0 Å². The molecule has 3 rings (SSSR count). The highest BCUT2D eigenvalue weighted by Gasteiger charge is 2.41. The van der Waals surface area contributed by atoms with Crippen LogP contribution >= 0.6 is 0 Å². The fourth-order valence-electron chi connectivity index (χ4n) is 4.74. The molecular formula is C28H39N3O3. The first-order chi connectivity index (χ1) is 16.6. The van der Waals surface area contributed by atoms with Gasteiger partial charge in [0.1, 0.15) is 5.75 Å².